The third-order valence-corrected chi connectivity index (χ3v) is 4.07. The molecule has 17 heavy (non-hydrogen) atoms. The number of hydrogen-bond donors (Lipinski definition) is 1. The van der Waals surface area contributed by atoms with Gasteiger partial charge in [0.25, 0.3) is 5.22 Å². The largest absolute Gasteiger partial charge is 0.415 e. The molecule has 2 rings (SSSR count). The van der Waals surface area contributed by atoms with E-state index in [9.17, 15) is 0 Å². The SMILES string of the molecule is CN1CCCCC1CCSc1nnc(CN)o1. The molecule has 1 saturated heterocycles. The molecule has 2 N–H and O–H groups in total. The molecule has 96 valence electrons. The summed E-state index contributed by atoms with van der Waals surface area (Å²) in [6.07, 6.45) is 5.19. The van der Waals surface area contributed by atoms with E-state index in [0.29, 0.717) is 23.7 Å². The summed E-state index contributed by atoms with van der Waals surface area (Å²) >= 11 is 1.63. The van der Waals surface area contributed by atoms with Crippen LogP contribution in [0.25, 0.3) is 0 Å². The van der Waals surface area contributed by atoms with E-state index >= 15 is 0 Å². The first-order valence-corrected chi connectivity index (χ1v) is 7.13. The van der Waals surface area contributed by atoms with Gasteiger partial charge in [0.15, 0.2) is 0 Å². The van der Waals surface area contributed by atoms with Gasteiger partial charge in [-0.05, 0) is 32.9 Å². The van der Waals surface area contributed by atoms with Crippen LogP contribution in [-0.2, 0) is 6.54 Å². The molecule has 1 fully saturated rings. The maximum absolute atomic E-state index is 5.41. The molecule has 1 atom stereocenters. The number of nitrogens with zero attached hydrogens (tertiary/aromatic N) is 3. The van der Waals surface area contributed by atoms with Gasteiger partial charge in [0.2, 0.25) is 5.89 Å². The zero-order chi connectivity index (χ0) is 12.1. The number of thioether (sulfide) groups is 1. The number of likely N-dealkylation sites (tertiary alicyclic amines) is 1. The Hall–Kier alpha value is -0.590. The Morgan fingerprint density at radius 3 is 3.06 bits per heavy atom. The molecule has 2 heterocycles. The molecule has 0 saturated carbocycles. The number of nitrogens with two attached hydrogens (primary N) is 1. The lowest BCUT2D eigenvalue weighted by atomic mass is 10.0. The molecule has 0 amide bonds. The van der Waals surface area contributed by atoms with Gasteiger partial charge in [-0.1, -0.05) is 18.2 Å². The van der Waals surface area contributed by atoms with Crippen molar-refractivity contribution in [3.05, 3.63) is 5.89 Å². The molecule has 6 heteroatoms. The highest BCUT2D eigenvalue weighted by molar-refractivity contribution is 7.99. The third-order valence-electron chi connectivity index (χ3n) is 3.22. The Morgan fingerprint density at radius 1 is 1.47 bits per heavy atom. The first-order valence-electron chi connectivity index (χ1n) is 6.15. The van der Waals surface area contributed by atoms with Gasteiger partial charge >= 0.3 is 0 Å². The lowest BCUT2D eigenvalue weighted by Gasteiger charge is -2.32. The number of piperidine rings is 1. The maximum Gasteiger partial charge on any atom is 0.276 e. The van der Waals surface area contributed by atoms with E-state index in [1.165, 1.54) is 32.2 Å². The highest BCUT2D eigenvalue weighted by Crippen LogP contribution is 2.22. The minimum atomic E-state index is 0.318. The summed E-state index contributed by atoms with van der Waals surface area (Å²) in [7, 11) is 2.22. The Balaban J connectivity index is 1.71. The second kappa shape index (κ2) is 6.37. The van der Waals surface area contributed by atoms with Crippen molar-refractivity contribution in [1.82, 2.24) is 15.1 Å². The van der Waals surface area contributed by atoms with Gasteiger partial charge in [-0.15, -0.1) is 10.2 Å². The molecule has 0 radical (unpaired) electrons. The third kappa shape index (κ3) is 3.69. The van der Waals surface area contributed by atoms with E-state index in [0.717, 1.165) is 5.75 Å². The molecule has 0 spiro atoms. The van der Waals surface area contributed by atoms with Crippen molar-refractivity contribution in [2.45, 2.75) is 43.5 Å². The molecule has 0 aliphatic carbocycles. The Bertz CT molecular complexity index is 344. The van der Waals surface area contributed by atoms with Crippen molar-refractivity contribution >= 4 is 11.8 Å². The van der Waals surface area contributed by atoms with Crippen molar-refractivity contribution in [3.63, 3.8) is 0 Å². The predicted molar refractivity (Wildman–Crippen MR) is 67.8 cm³/mol. The Morgan fingerprint density at radius 2 is 2.35 bits per heavy atom. The molecule has 5 nitrogen and oxygen atoms in total. The van der Waals surface area contributed by atoms with Crippen molar-refractivity contribution in [2.24, 2.45) is 5.73 Å². The molecule has 1 aliphatic heterocycles. The minimum Gasteiger partial charge on any atom is -0.415 e. The van der Waals surface area contributed by atoms with Gasteiger partial charge in [-0.25, -0.2) is 0 Å². The van der Waals surface area contributed by atoms with Gasteiger partial charge in [0, 0.05) is 11.8 Å². The van der Waals surface area contributed by atoms with Crippen LogP contribution in [0, 0.1) is 0 Å². The van der Waals surface area contributed by atoms with Crippen LogP contribution in [0.5, 0.6) is 0 Å². The Kier molecular flexibility index (Phi) is 4.82. The standard InChI is InChI=1S/C11H20N4OS/c1-15-6-3-2-4-9(15)5-7-17-11-14-13-10(8-12)16-11/h9H,2-8,12H2,1H3. The Labute approximate surface area is 106 Å². The molecule has 0 bridgehead atoms. The van der Waals surface area contributed by atoms with Crippen LogP contribution in [0.15, 0.2) is 9.64 Å². The number of rotatable bonds is 5. The van der Waals surface area contributed by atoms with Crippen molar-refractivity contribution < 1.29 is 4.42 Å². The van der Waals surface area contributed by atoms with Gasteiger partial charge in [0.05, 0.1) is 6.54 Å². The second-order valence-corrected chi connectivity index (χ2v) is 5.48. The van der Waals surface area contributed by atoms with Crippen LogP contribution in [0.4, 0.5) is 0 Å². The second-order valence-electron chi connectivity index (χ2n) is 4.43. The minimum absolute atomic E-state index is 0.318. The fraction of sp³-hybridized carbons (Fsp3) is 0.818. The first-order chi connectivity index (χ1) is 8.29. The summed E-state index contributed by atoms with van der Waals surface area (Å²) in [5.41, 5.74) is 5.41. The summed E-state index contributed by atoms with van der Waals surface area (Å²) in [4.78, 5) is 2.46. The molecular formula is C11H20N4OS. The first kappa shape index (κ1) is 12.9. The molecule has 0 aromatic carbocycles. The molecule has 1 aromatic rings. The van der Waals surface area contributed by atoms with E-state index in [1.807, 2.05) is 0 Å². The average molecular weight is 256 g/mol. The molecule has 1 aliphatic rings. The van der Waals surface area contributed by atoms with Gasteiger partial charge in [-0.3, -0.25) is 0 Å². The highest BCUT2D eigenvalue weighted by Gasteiger charge is 2.18. The monoisotopic (exact) mass is 256 g/mol. The fourth-order valence-corrected chi connectivity index (χ4v) is 2.99. The summed E-state index contributed by atoms with van der Waals surface area (Å²) < 4.78 is 5.35. The van der Waals surface area contributed by atoms with E-state index < -0.39 is 0 Å². The van der Waals surface area contributed by atoms with Gasteiger partial charge in [-0.2, -0.15) is 0 Å². The highest BCUT2D eigenvalue weighted by atomic mass is 32.2. The number of hydrogen-bond acceptors (Lipinski definition) is 6. The average Bonchev–Trinajstić information content (AvgIpc) is 2.80. The summed E-state index contributed by atoms with van der Waals surface area (Å²) in [5, 5.41) is 8.43. The predicted octanol–water partition coefficient (Wildman–Crippen LogP) is 1.49. The van der Waals surface area contributed by atoms with Crippen LogP contribution < -0.4 is 5.73 Å². The zero-order valence-corrected chi connectivity index (χ0v) is 11.1. The van der Waals surface area contributed by atoms with Gasteiger partial charge in [0.1, 0.15) is 0 Å². The summed E-state index contributed by atoms with van der Waals surface area (Å²) in [6, 6.07) is 0.716. The van der Waals surface area contributed by atoms with Crippen LogP contribution in [-0.4, -0.2) is 40.5 Å². The smallest absolute Gasteiger partial charge is 0.276 e. The van der Waals surface area contributed by atoms with Crippen LogP contribution in [0.2, 0.25) is 0 Å². The summed E-state index contributed by atoms with van der Waals surface area (Å²) in [5.74, 6) is 1.54. The van der Waals surface area contributed by atoms with Gasteiger partial charge < -0.3 is 15.1 Å². The normalized spacial score (nSPS) is 21.9. The van der Waals surface area contributed by atoms with Crippen molar-refractivity contribution in [3.8, 4) is 0 Å². The van der Waals surface area contributed by atoms with Crippen LogP contribution in [0.3, 0.4) is 0 Å². The van der Waals surface area contributed by atoms with Crippen LogP contribution >= 0.6 is 11.8 Å². The topological polar surface area (TPSA) is 68.2 Å². The quantitative estimate of drug-likeness (QED) is 0.805. The van der Waals surface area contributed by atoms with Crippen LogP contribution in [0.1, 0.15) is 31.6 Å². The lowest BCUT2D eigenvalue weighted by Crippen LogP contribution is -2.36. The molecular weight excluding hydrogens is 236 g/mol. The molecule has 1 aromatic heterocycles. The number of aromatic nitrogens is 2. The molecule has 1 unspecified atom stereocenters. The van der Waals surface area contributed by atoms with E-state index in [-0.39, 0.29) is 0 Å². The zero-order valence-electron chi connectivity index (χ0n) is 10.3. The van der Waals surface area contributed by atoms with E-state index in [4.69, 9.17) is 10.2 Å². The van der Waals surface area contributed by atoms with Crippen molar-refractivity contribution in [1.29, 1.82) is 0 Å². The summed E-state index contributed by atoms with van der Waals surface area (Å²) in [6.45, 7) is 1.55. The fourth-order valence-electron chi connectivity index (χ4n) is 2.17. The van der Waals surface area contributed by atoms with Crippen molar-refractivity contribution in [2.75, 3.05) is 19.3 Å². The maximum atomic E-state index is 5.41. The lowest BCUT2D eigenvalue weighted by molar-refractivity contribution is 0.182. The van der Waals surface area contributed by atoms with E-state index in [1.54, 1.807) is 11.8 Å². The van der Waals surface area contributed by atoms with E-state index in [2.05, 4.69) is 22.1 Å².